The molecule has 0 aliphatic heterocycles. The van der Waals surface area contributed by atoms with Crippen LogP contribution in [0.2, 0.25) is 0 Å². The van der Waals surface area contributed by atoms with E-state index in [1.54, 1.807) is 6.92 Å². The van der Waals surface area contributed by atoms with Gasteiger partial charge < -0.3 is 9.84 Å². The zero-order valence-electron chi connectivity index (χ0n) is 8.38. The van der Waals surface area contributed by atoms with Crippen LogP contribution < -0.4 is 0 Å². The van der Waals surface area contributed by atoms with E-state index in [0.717, 1.165) is 6.07 Å². The normalized spacial score (nSPS) is 11.2. The Bertz CT molecular complexity index is 434. The van der Waals surface area contributed by atoms with E-state index in [9.17, 15) is 15.2 Å². The fourth-order valence-corrected chi connectivity index (χ4v) is 1.24. The first-order valence-electron chi connectivity index (χ1n) is 4.39. The minimum atomic E-state index is -0.698. The summed E-state index contributed by atoms with van der Waals surface area (Å²) in [5.41, 5.74) is -0.0867. The molecule has 86 valence electrons. The van der Waals surface area contributed by atoms with Crippen LogP contribution in [0.1, 0.15) is 12.5 Å². The van der Waals surface area contributed by atoms with Crippen molar-refractivity contribution < 1.29 is 14.8 Å². The van der Waals surface area contributed by atoms with Crippen LogP contribution in [0, 0.1) is 10.1 Å². The molecule has 0 radical (unpaired) electrons. The molecule has 0 unspecified atom stereocenters. The zero-order chi connectivity index (χ0) is 12.1. The molecule has 1 aromatic carbocycles. The molecule has 1 N–H and O–H groups in total. The van der Waals surface area contributed by atoms with E-state index < -0.39 is 16.4 Å². The fraction of sp³-hybridized carbons (Fsp3) is 0.222. The first-order chi connectivity index (χ1) is 7.60. The summed E-state index contributed by atoms with van der Waals surface area (Å²) in [5.74, 6) is -0.341. The average Bonchev–Trinajstić information content (AvgIpc) is 2.26. The molecule has 0 spiro atoms. The highest BCUT2D eigenvalue weighted by molar-refractivity contribution is 6.21. The van der Waals surface area contributed by atoms with Gasteiger partial charge in [-0.05, 0) is 19.1 Å². The molecular weight excluding hydrogens is 236 g/mol. The smallest absolute Gasteiger partial charge is 0.311 e. The Morgan fingerprint density at radius 2 is 2.38 bits per heavy atom. The van der Waals surface area contributed by atoms with Crippen LogP contribution in [0.15, 0.2) is 22.7 Å². The summed E-state index contributed by atoms with van der Waals surface area (Å²) in [6.07, 6.45) is 0. The van der Waals surface area contributed by atoms with Crippen molar-refractivity contribution in [3.8, 4) is 5.75 Å². The first-order valence-corrected chi connectivity index (χ1v) is 4.73. The maximum absolute atomic E-state index is 10.6. The molecule has 0 aliphatic rings. The Balaban J connectivity index is 3.16. The van der Waals surface area contributed by atoms with Crippen LogP contribution in [-0.2, 0) is 4.74 Å². The van der Waals surface area contributed by atoms with Gasteiger partial charge in [0.15, 0.2) is 5.75 Å². The van der Waals surface area contributed by atoms with E-state index >= 15 is 0 Å². The SMILES string of the molecule is CCOC(=NCl)c1ccc(O)c([N+](=O)[O-])c1. The maximum Gasteiger partial charge on any atom is 0.311 e. The standard InChI is InChI=1S/C9H9ClN2O4/c1-2-16-9(11-10)6-3-4-8(13)7(5-6)12(14)15/h3-5,13H,2H2,1H3. The molecule has 0 heterocycles. The average molecular weight is 245 g/mol. The van der Waals surface area contributed by atoms with Gasteiger partial charge in [0.25, 0.3) is 0 Å². The van der Waals surface area contributed by atoms with Crippen molar-refractivity contribution in [2.75, 3.05) is 6.61 Å². The molecule has 0 saturated carbocycles. The largest absolute Gasteiger partial charge is 0.502 e. The summed E-state index contributed by atoms with van der Waals surface area (Å²) in [7, 11) is 0. The third kappa shape index (κ3) is 2.60. The van der Waals surface area contributed by atoms with Gasteiger partial charge in [-0.25, -0.2) is 0 Å². The number of nitro benzene ring substituents is 1. The second-order valence-corrected chi connectivity index (χ2v) is 2.95. The lowest BCUT2D eigenvalue weighted by atomic mass is 10.2. The molecule has 6 nitrogen and oxygen atoms in total. The Morgan fingerprint density at radius 3 is 2.88 bits per heavy atom. The number of hydrogen-bond acceptors (Lipinski definition) is 5. The van der Waals surface area contributed by atoms with Gasteiger partial charge >= 0.3 is 5.69 Å². The molecule has 16 heavy (non-hydrogen) atoms. The highest BCUT2D eigenvalue weighted by Gasteiger charge is 2.16. The Kier molecular flexibility index (Phi) is 4.07. The second kappa shape index (κ2) is 5.32. The third-order valence-corrected chi connectivity index (χ3v) is 1.93. The van der Waals surface area contributed by atoms with E-state index in [-0.39, 0.29) is 5.90 Å². The molecule has 0 bridgehead atoms. The van der Waals surface area contributed by atoms with Crippen molar-refractivity contribution >= 4 is 23.4 Å². The number of ether oxygens (including phenoxy) is 1. The number of aromatic hydroxyl groups is 1. The highest BCUT2D eigenvalue weighted by Crippen LogP contribution is 2.26. The Morgan fingerprint density at radius 1 is 1.69 bits per heavy atom. The van der Waals surface area contributed by atoms with Crippen molar-refractivity contribution in [1.82, 2.24) is 0 Å². The molecule has 0 aromatic heterocycles. The first kappa shape index (κ1) is 12.3. The zero-order valence-corrected chi connectivity index (χ0v) is 9.14. The topological polar surface area (TPSA) is 85.0 Å². The van der Waals surface area contributed by atoms with Crippen LogP contribution in [0.4, 0.5) is 5.69 Å². The molecule has 0 fully saturated rings. The quantitative estimate of drug-likeness (QED) is 0.382. The molecule has 0 atom stereocenters. The molecule has 0 aliphatic carbocycles. The van der Waals surface area contributed by atoms with Gasteiger partial charge in [-0.3, -0.25) is 10.1 Å². The van der Waals surface area contributed by atoms with Gasteiger partial charge in [-0.1, -0.05) is 0 Å². The molecule has 1 aromatic rings. The molecule has 7 heteroatoms. The maximum atomic E-state index is 10.6. The van der Waals surface area contributed by atoms with Gasteiger partial charge in [0.05, 0.1) is 11.5 Å². The number of nitro groups is 1. The number of benzene rings is 1. The van der Waals surface area contributed by atoms with Crippen molar-refractivity contribution in [3.63, 3.8) is 0 Å². The van der Waals surface area contributed by atoms with E-state index in [1.807, 2.05) is 0 Å². The van der Waals surface area contributed by atoms with E-state index in [1.165, 1.54) is 12.1 Å². The van der Waals surface area contributed by atoms with Crippen LogP contribution in [0.5, 0.6) is 5.75 Å². The van der Waals surface area contributed by atoms with E-state index in [0.29, 0.717) is 12.2 Å². The number of hydrogen-bond donors (Lipinski definition) is 1. The van der Waals surface area contributed by atoms with Crippen molar-refractivity contribution in [1.29, 1.82) is 0 Å². The highest BCUT2D eigenvalue weighted by atomic mass is 35.5. The van der Waals surface area contributed by atoms with Crippen LogP contribution in [-0.4, -0.2) is 22.5 Å². The Labute approximate surface area is 96.4 Å². The lowest BCUT2D eigenvalue weighted by Gasteiger charge is -2.05. The number of phenols is 1. The summed E-state index contributed by atoms with van der Waals surface area (Å²) in [6.45, 7) is 2.07. The summed E-state index contributed by atoms with van der Waals surface area (Å²) >= 11 is 5.28. The van der Waals surface area contributed by atoms with Crippen molar-refractivity contribution in [2.45, 2.75) is 6.92 Å². The van der Waals surface area contributed by atoms with Gasteiger partial charge in [0, 0.05) is 23.4 Å². The minimum absolute atomic E-state index is 0.0762. The predicted molar refractivity (Wildman–Crippen MR) is 58.8 cm³/mol. The van der Waals surface area contributed by atoms with Crippen LogP contribution in [0.25, 0.3) is 0 Å². The molecular formula is C9H9ClN2O4. The minimum Gasteiger partial charge on any atom is -0.502 e. The lowest BCUT2D eigenvalue weighted by Crippen LogP contribution is -2.06. The van der Waals surface area contributed by atoms with Gasteiger partial charge in [-0.15, -0.1) is 4.51 Å². The van der Waals surface area contributed by atoms with Crippen molar-refractivity contribution in [2.24, 2.45) is 4.51 Å². The predicted octanol–water partition coefficient (Wildman–Crippen LogP) is 2.24. The molecule has 0 amide bonds. The van der Waals surface area contributed by atoms with Gasteiger partial charge in [0.1, 0.15) is 0 Å². The number of nitrogens with zero attached hydrogens (tertiary/aromatic N) is 2. The summed E-state index contributed by atoms with van der Waals surface area (Å²) in [5, 5.41) is 19.8. The molecule has 1 rings (SSSR count). The van der Waals surface area contributed by atoms with Crippen molar-refractivity contribution in [3.05, 3.63) is 33.9 Å². The number of rotatable bonds is 3. The van der Waals surface area contributed by atoms with Gasteiger partial charge in [-0.2, -0.15) is 0 Å². The summed E-state index contributed by atoms with van der Waals surface area (Å²) in [4.78, 5) is 9.88. The second-order valence-electron chi connectivity index (χ2n) is 2.78. The summed E-state index contributed by atoms with van der Waals surface area (Å²) < 4.78 is 8.41. The fourth-order valence-electron chi connectivity index (χ4n) is 1.10. The van der Waals surface area contributed by atoms with Gasteiger partial charge in [0.2, 0.25) is 5.90 Å². The van der Waals surface area contributed by atoms with Crippen LogP contribution >= 0.6 is 11.8 Å². The third-order valence-electron chi connectivity index (χ3n) is 1.78. The Hall–Kier alpha value is -1.82. The van der Waals surface area contributed by atoms with E-state index in [2.05, 4.69) is 4.51 Å². The monoisotopic (exact) mass is 244 g/mol. The summed E-state index contributed by atoms with van der Waals surface area (Å²) in [6, 6.07) is 3.76. The lowest BCUT2D eigenvalue weighted by molar-refractivity contribution is -0.385. The van der Waals surface area contributed by atoms with E-state index in [4.69, 9.17) is 16.5 Å². The number of halogens is 1. The number of phenolic OH excluding ortho intramolecular Hbond substituents is 1. The molecule has 0 saturated heterocycles. The van der Waals surface area contributed by atoms with Crippen LogP contribution in [0.3, 0.4) is 0 Å².